The first-order valence-corrected chi connectivity index (χ1v) is 17.7. The lowest BCUT2D eigenvalue weighted by Crippen LogP contribution is -2.46. The fourth-order valence-electron chi connectivity index (χ4n) is 6.27. The Bertz CT molecular complexity index is 1930. The molecule has 0 radical (unpaired) electrons. The van der Waals surface area contributed by atoms with Crippen LogP contribution in [0.3, 0.4) is 0 Å². The second-order valence-corrected chi connectivity index (χ2v) is 15.6. The van der Waals surface area contributed by atoms with Crippen molar-refractivity contribution in [1.82, 2.24) is 34.6 Å². The predicted octanol–water partition coefficient (Wildman–Crippen LogP) is 4.91. The molecule has 1 aromatic carbocycles. The van der Waals surface area contributed by atoms with Gasteiger partial charge < -0.3 is 14.5 Å². The molecule has 1 N–H and O–H groups in total. The van der Waals surface area contributed by atoms with Crippen molar-refractivity contribution in [2.24, 2.45) is 12.5 Å². The van der Waals surface area contributed by atoms with E-state index >= 15 is 0 Å². The van der Waals surface area contributed by atoms with E-state index < -0.39 is 22.0 Å². The van der Waals surface area contributed by atoms with E-state index in [4.69, 9.17) is 9.72 Å². The Kier molecular flexibility index (Phi) is 8.88. The maximum Gasteiger partial charge on any atom is 0.283 e. The fourth-order valence-corrected chi connectivity index (χ4v) is 7.21. The van der Waals surface area contributed by atoms with Gasteiger partial charge in [0, 0.05) is 37.8 Å². The molecule has 0 unspecified atom stereocenters. The van der Waals surface area contributed by atoms with E-state index in [-0.39, 0.29) is 41.1 Å². The Morgan fingerprint density at radius 3 is 2.46 bits per heavy atom. The van der Waals surface area contributed by atoms with E-state index in [2.05, 4.69) is 50.4 Å². The molecule has 4 aromatic rings. The highest BCUT2D eigenvalue weighted by atomic mass is 32.2. The number of amides is 1. The Hall–Kier alpha value is -4.59. The van der Waals surface area contributed by atoms with Crippen molar-refractivity contribution in [3.63, 3.8) is 0 Å². The van der Waals surface area contributed by atoms with Crippen LogP contribution in [0.25, 0.3) is 11.3 Å². The largest absolute Gasteiger partial charge is 0.475 e. The Morgan fingerprint density at radius 2 is 1.79 bits per heavy atom. The van der Waals surface area contributed by atoms with Crippen molar-refractivity contribution in [1.29, 1.82) is 0 Å². The summed E-state index contributed by atoms with van der Waals surface area (Å²) in [7, 11) is -0.709. The van der Waals surface area contributed by atoms with Crippen LogP contribution >= 0.6 is 0 Å². The zero-order valence-corrected chi connectivity index (χ0v) is 29.4. The first-order chi connectivity index (χ1) is 22.7. The highest BCUT2D eigenvalue weighted by molar-refractivity contribution is 7.92. The average Bonchev–Trinajstić information content (AvgIpc) is 3.38. The third-order valence-electron chi connectivity index (χ3n) is 8.98. The van der Waals surface area contributed by atoms with E-state index in [1.165, 1.54) is 17.2 Å². The number of ether oxygens (including phenoxy) is 1. The quantitative estimate of drug-likeness (QED) is 0.299. The number of fused-ring (bicyclic) bond motifs is 4. The fraction of sp³-hybridized carbons (Fsp3) is 0.471. The number of rotatable bonds is 6. The number of aromatic nitrogens is 6. The second-order valence-electron chi connectivity index (χ2n) is 14.0. The zero-order valence-electron chi connectivity index (χ0n) is 28.6. The van der Waals surface area contributed by atoms with E-state index in [0.717, 1.165) is 35.3 Å². The van der Waals surface area contributed by atoms with Crippen molar-refractivity contribution >= 4 is 27.7 Å². The van der Waals surface area contributed by atoms with Gasteiger partial charge in [-0.15, -0.1) is 0 Å². The van der Waals surface area contributed by atoms with E-state index in [1.807, 2.05) is 39.1 Å². The lowest BCUT2D eigenvalue weighted by Gasteiger charge is -2.36. The summed E-state index contributed by atoms with van der Waals surface area (Å²) >= 11 is 0. The number of anilines is 2. The molecule has 48 heavy (non-hydrogen) atoms. The molecule has 0 spiro atoms. The zero-order chi connectivity index (χ0) is 34.4. The third-order valence-corrected chi connectivity index (χ3v) is 10.2. The molecule has 1 fully saturated rings. The van der Waals surface area contributed by atoms with E-state index in [0.29, 0.717) is 23.9 Å². The number of nitrogens with zero attached hydrogens (tertiary/aromatic N) is 8. The van der Waals surface area contributed by atoms with Gasteiger partial charge in [0.25, 0.3) is 15.9 Å². The van der Waals surface area contributed by atoms with Crippen molar-refractivity contribution in [2.75, 3.05) is 23.3 Å². The summed E-state index contributed by atoms with van der Waals surface area (Å²) < 4.78 is 37.4. The lowest BCUT2D eigenvalue weighted by molar-refractivity contribution is 0.0498. The molecule has 13 nitrogen and oxygen atoms in total. The highest BCUT2D eigenvalue weighted by Crippen LogP contribution is 2.32. The number of carbonyl (C=O) groups is 1. The summed E-state index contributed by atoms with van der Waals surface area (Å²) in [6.45, 7) is 10.5. The number of nitrogens with one attached hydrogen (secondary N) is 1. The van der Waals surface area contributed by atoms with Gasteiger partial charge in [0.15, 0.2) is 5.03 Å². The van der Waals surface area contributed by atoms with Crippen LogP contribution in [0.4, 0.5) is 11.8 Å². The topological polar surface area (TPSA) is 148 Å². The van der Waals surface area contributed by atoms with Crippen LogP contribution in [0.2, 0.25) is 0 Å². The van der Waals surface area contributed by atoms with Crippen LogP contribution in [0.1, 0.15) is 73.8 Å². The van der Waals surface area contributed by atoms with Gasteiger partial charge in [0.05, 0.1) is 36.4 Å². The van der Waals surface area contributed by atoms with E-state index in [9.17, 15) is 13.2 Å². The summed E-state index contributed by atoms with van der Waals surface area (Å²) in [5, 5.41) is 3.92. The molecule has 2 aliphatic rings. The first-order valence-electron chi connectivity index (χ1n) is 16.2. The second kappa shape index (κ2) is 12.8. The van der Waals surface area contributed by atoms with Crippen molar-refractivity contribution in [3.8, 4) is 17.1 Å². The van der Waals surface area contributed by atoms with Crippen molar-refractivity contribution in [3.05, 3.63) is 65.2 Å². The predicted molar refractivity (Wildman–Crippen MR) is 182 cm³/mol. The van der Waals surface area contributed by atoms with Crippen LogP contribution in [0.15, 0.2) is 47.8 Å². The minimum Gasteiger partial charge on any atom is -0.475 e. The van der Waals surface area contributed by atoms with Crippen molar-refractivity contribution < 1.29 is 17.9 Å². The molecule has 1 aliphatic carbocycles. The van der Waals surface area contributed by atoms with Gasteiger partial charge in [-0.1, -0.05) is 39.0 Å². The standard InChI is InChI=1S/C34H43N9O4S/c1-21-10-8-11-22(2)31(21)26-14-29-38-33(37-26)40-48(45,46)30-15-27(42(7)39-30)32(44)43(25(20-47-29)16-34(3,4)5)19-23-17-35-18-28(36-23)41(6)24-12-9-13-24/h8,10-11,14-15,17-18,24-25H,9,12-13,16,19-20H2,1-7H3,(H,37,38,40)/t25-/m1/s1. The molecule has 1 amide bonds. The maximum absolute atomic E-state index is 14.5. The summed E-state index contributed by atoms with van der Waals surface area (Å²) in [4.78, 5) is 36.8. The van der Waals surface area contributed by atoms with Gasteiger partial charge in [0.2, 0.25) is 11.8 Å². The minimum atomic E-state index is -4.28. The van der Waals surface area contributed by atoms with Crippen molar-refractivity contribution in [2.45, 2.75) is 84.0 Å². The monoisotopic (exact) mass is 673 g/mol. The summed E-state index contributed by atoms with van der Waals surface area (Å²) in [5.41, 5.74) is 3.79. The molecule has 14 heteroatoms. The number of sulfonamides is 1. The van der Waals surface area contributed by atoms with Crippen LogP contribution in [0.5, 0.6) is 5.88 Å². The number of hydrogen-bond acceptors (Lipinski definition) is 10. The normalized spacial score (nSPS) is 18.1. The number of aryl methyl sites for hydroxylation is 3. The maximum atomic E-state index is 14.5. The molecule has 1 atom stereocenters. The van der Waals surface area contributed by atoms with Crippen LogP contribution < -0.4 is 14.4 Å². The number of benzene rings is 1. The van der Waals surface area contributed by atoms with Crippen LogP contribution in [0, 0.1) is 19.3 Å². The Labute approximate surface area is 281 Å². The Balaban J connectivity index is 1.46. The number of carbonyl (C=O) groups excluding carboxylic acids is 1. The summed E-state index contributed by atoms with van der Waals surface area (Å²) in [6.07, 6.45) is 7.37. The molecule has 3 aromatic heterocycles. The molecular formula is C34H43N9O4S. The minimum absolute atomic E-state index is 0.0816. The summed E-state index contributed by atoms with van der Waals surface area (Å²) in [5.74, 6) is 0.356. The lowest BCUT2D eigenvalue weighted by atomic mass is 9.87. The third kappa shape index (κ3) is 6.98. The van der Waals surface area contributed by atoms with Crippen LogP contribution in [-0.4, -0.2) is 74.7 Å². The Morgan fingerprint density at radius 1 is 1.06 bits per heavy atom. The van der Waals surface area contributed by atoms with Gasteiger partial charge in [-0.3, -0.25) is 14.5 Å². The molecule has 1 aliphatic heterocycles. The smallest absolute Gasteiger partial charge is 0.283 e. The molecule has 6 rings (SSSR count). The van der Waals surface area contributed by atoms with E-state index in [1.54, 1.807) is 30.4 Å². The van der Waals surface area contributed by atoms with Gasteiger partial charge in [-0.25, -0.2) is 14.7 Å². The average molecular weight is 674 g/mol. The molecule has 254 valence electrons. The van der Waals surface area contributed by atoms with Gasteiger partial charge in [0.1, 0.15) is 18.1 Å². The molecule has 4 heterocycles. The first kappa shape index (κ1) is 33.3. The molecule has 4 bridgehead atoms. The SMILES string of the molecule is Cc1cccc(C)c1-c1cc2nc(n1)NS(=O)(=O)c1cc(n(C)n1)C(=O)N(Cc1cncc(N(C)C3CCC3)n1)[C@H](CC(C)(C)C)CO2. The van der Waals surface area contributed by atoms with Gasteiger partial charge >= 0.3 is 0 Å². The molecule has 0 saturated heterocycles. The molecular weight excluding hydrogens is 631 g/mol. The summed E-state index contributed by atoms with van der Waals surface area (Å²) in [6, 6.07) is 8.84. The number of hydrogen-bond donors (Lipinski definition) is 1. The highest BCUT2D eigenvalue weighted by Gasteiger charge is 2.34. The van der Waals surface area contributed by atoms with Gasteiger partial charge in [-0.2, -0.15) is 18.5 Å². The van der Waals surface area contributed by atoms with Gasteiger partial charge in [-0.05, 0) is 56.1 Å². The molecule has 1 saturated carbocycles. The van der Waals surface area contributed by atoms with Crippen LogP contribution in [-0.2, 0) is 23.6 Å².